The van der Waals surface area contributed by atoms with E-state index in [-0.39, 0.29) is 12.7 Å². The van der Waals surface area contributed by atoms with E-state index in [9.17, 15) is 5.11 Å². The monoisotopic (exact) mass is 289 g/mol. The highest BCUT2D eigenvalue weighted by Gasteiger charge is 2.16. The maximum atomic E-state index is 9.62. The van der Waals surface area contributed by atoms with E-state index in [1.54, 1.807) is 0 Å². The Morgan fingerprint density at radius 3 is 3.10 bits per heavy atom. The van der Waals surface area contributed by atoms with Crippen molar-refractivity contribution >= 4 is 0 Å². The molecule has 2 N–H and O–H groups in total. The van der Waals surface area contributed by atoms with Crippen LogP contribution in [0.2, 0.25) is 0 Å². The van der Waals surface area contributed by atoms with Gasteiger partial charge in [0.1, 0.15) is 12.4 Å². The minimum absolute atomic E-state index is 0.0882. The number of piperidine rings is 1. The van der Waals surface area contributed by atoms with Crippen molar-refractivity contribution in [2.24, 2.45) is 0 Å². The molecule has 1 saturated heterocycles. The van der Waals surface area contributed by atoms with Gasteiger partial charge < -0.3 is 14.9 Å². The van der Waals surface area contributed by atoms with Crippen molar-refractivity contribution < 1.29 is 14.9 Å². The Labute approximate surface area is 126 Å². The van der Waals surface area contributed by atoms with Gasteiger partial charge in [-0.25, -0.2) is 0 Å². The van der Waals surface area contributed by atoms with Gasteiger partial charge in [0.2, 0.25) is 0 Å². The number of aliphatic hydroxyl groups is 2. The highest BCUT2D eigenvalue weighted by molar-refractivity contribution is 5.39. The Balaban J connectivity index is 1.78. The lowest BCUT2D eigenvalue weighted by molar-refractivity contribution is 0.0633. The molecule has 21 heavy (non-hydrogen) atoms. The minimum Gasteiger partial charge on any atom is -0.492 e. The minimum atomic E-state index is -0.191. The first kappa shape index (κ1) is 15.8. The van der Waals surface area contributed by atoms with Crippen molar-refractivity contribution in [3.8, 4) is 17.6 Å². The Kier molecular flexibility index (Phi) is 6.55. The van der Waals surface area contributed by atoms with Crippen LogP contribution in [0.1, 0.15) is 24.8 Å². The first-order chi connectivity index (χ1) is 10.3. The molecule has 0 radical (unpaired) electrons. The van der Waals surface area contributed by atoms with Gasteiger partial charge in [-0.05, 0) is 37.6 Å². The molecule has 1 unspecified atom stereocenters. The summed E-state index contributed by atoms with van der Waals surface area (Å²) < 4.78 is 5.75. The van der Waals surface area contributed by atoms with E-state index >= 15 is 0 Å². The standard InChI is InChI=1S/C17H23NO3/c19-11-2-1-5-15-6-3-8-17(13-15)21-12-10-18-9-4-7-16(20)14-18/h3,6,8,13,16,19-20H,2,4,7,9-12,14H2. The van der Waals surface area contributed by atoms with E-state index in [0.717, 1.165) is 43.8 Å². The van der Waals surface area contributed by atoms with Gasteiger partial charge in [-0.1, -0.05) is 17.9 Å². The summed E-state index contributed by atoms with van der Waals surface area (Å²) in [7, 11) is 0. The van der Waals surface area contributed by atoms with E-state index < -0.39 is 0 Å². The summed E-state index contributed by atoms with van der Waals surface area (Å²) in [4.78, 5) is 2.24. The van der Waals surface area contributed by atoms with Gasteiger partial charge in [-0.2, -0.15) is 0 Å². The summed E-state index contributed by atoms with van der Waals surface area (Å²) in [6.07, 6.45) is 2.26. The average Bonchev–Trinajstić information content (AvgIpc) is 2.48. The van der Waals surface area contributed by atoms with Gasteiger partial charge in [0.15, 0.2) is 0 Å². The molecule has 0 aliphatic carbocycles. The summed E-state index contributed by atoms with van der Waals surface area (Å²) in [5, 5.41) is 18.3. The van der Waals surface area contributed by atoms with E-state index in [4.69, 9.17) is 9.84 Å². The second kappa shape index (κ2) is 8.68. The fourth-order valence-corrected chi connectivity index (χ4v) is 2.41. The molecule has 0 saturated carbocycles. The number of nitrogens with zero attached hydrogens (tertiary/aromatic N) is 1. The maximum Gasteiger partial charge on any atom is 0.120 e. The molecule has 1 aliphatic rings. The molecule has 1 aromatic rings. The van der Waals surface area contributed by atoms with E-state index in [1.807, 2.05) is 24.3 Å². The Morgan fingerprint density at radius 2 is 2.29 bits per heavy atom. The number of hydrogen-bond donors (Lipinski definition) is 2. The Hall–Kier alpha value is -1.54. The first-order valence-electron chi connectivity index (χ1n) is 7.51. The largest absolute Gasteiger partial charge is 0.492 e. The van der Waals surface area contributed by atoms with Crippen LogP contribution in [0.3, 0.4) is 0 Å². The van der Waals surface area contributed by atoms with Crippen LogP contribution in [0.25, 0.3) is 0 Å². The van der Waals surface area contributed by atoms with Crippen molar-refractivity contribution in [2.45, 2.75) is 25.4 Å². The molecule has 2 rings (SSSR count). The summed E-state index contributed by atoms with van der Waals surface area (Å²) in [6.45, 7) is 3.31. The van der Waals surface area contributed by atoms with Crippen LogP contribution < -0.4 is 4.74 Å². The molecule has 4 heteroatoms. The maximum absolute atomic E-state index is 9.62. The highest BCUT2D eigenvalue weighted by Crippen LogP contribution is 2.13. The third-order valence-corrected chi connectivity index (χ3v) is 3.46. The second-order valence-electron chi connectivity index (χ2n) is 5.25. The fraction of sp³-hybridized carbons (Fsp3) is 0.529. The fourth-order valence-electron chi connectivity index (χ4n) is 2.41. The van der Waals surface area contributed by atoms with Gasteiger partial charge >= 0.3 is 0 Å². The predicted octanol–water partition coefficient (Wildman–Crippen LogP) is 1.26. The van der Waals surface area contributed by atoms with Crippen molar-refractivity contribution in [1.82, 2.24) is 4.90 Å². The van der Waals surface area contributed by atoms with Crippen molar-refractivity contribution in [3.05, 3.63) is 29.8 Å². The number of β-amino-alcohol motifs (C(OH)–C–C–N with tert-alkyl or cyclic N) is 1. The van der Waals surface area contributed by atoms with Crippen molar-refractivity contribution in [1.29, 1.82) is 0 Å². The van der Waals surface area contributed by atoms with E-state index in [0.29, 0.717) is 13.0 Å². The van der Waals surface area contributed by atoms with Gasteiger partial charge in [-0.3, -0.25) is 4.90 Å². The van der Waals surface area contributed by atoms with Crippen LogP contribution in [0.4, 0.5) is 0 Å². The quantitative estimate of drug-likeness (QED) is 0.801. The molecule has 1 aromatic carbocycles. The van der Waals surface area contributed by atoms with Gasteiger partial charge in [0.05, 0.1) is 12.7 Å². The molecule has 1 heterocycles. The number of likely N-dealkylation sites (tertiary alicyclic amines) is 1. The molecule has 4 nitrogen and oxygen atoms in total. The summed E-state index contributed by atoms with van der Waals surface area (Å²) in [5.74, 6) is 6.71. The molecule has 0 spiro atoms. The third kappa shape index (κ3) is 5.76. The Bertz CT molecular complexity index is 492. The zero-order chi connectivity index (χ0) is 14.9. The van der Waals surface area contributed by atoms with Crippen LogP contribution in [0.5, 0.6) is 5.75 Å². The number of benzene rings is 1. The summed E-state index contributed by atoms with van der Waals surface area (Å²) >= 11 is 0. The van der Waals surface area contributed by atoms with Crippen LogP contribution >= 0.6 is 0 Å². The molecule has 1 aliphatic heterocycles. The average molecular weight is 289 g/mol. The number of aliphatic hydroxyl groups excluding tert-OH is 2. The van der Waals surface area contributed by atoms with Crippen molar-refractivity contribution in [2.75, 3.05) is 32.8 Å². The van der Waals surface area contributed by atoms with Crippen LogP contribution in [0.15, 0.2) is 24.3 Å². The summed E-state index contributed by atoms with van der Waals surface area (Å²) in [6, 6.07) is 7.68. The molecule has 1 atom stereocenters. The first-order valence-corrected chi connectivity index (χ1v) is 7.51. The number of hydrogen-bond acceptors (Lipinski definition) is 4. The SMILES string of the molecule is OCCC#Cc1cccc(OCCN2CCCC(O)C2)c1. The Morgan fingerprint density at radius 1 is 1.38 bits per heavy atom. The van der Waals surface area contributed by atoms with Gasteiger partial charge in [-0.15, -0.1) is 0 Å². The summed E-state index contributed by atoms with van der Waals surface area (Å²) in [5.41, 5.74) is 0.898. The van der Waals surface area contributed by atoms with Crippen LogP contribution in [-0.4, -0.2) is 54.1 Å². The van der Waals surface area contributed by atoms with Gasteiger partial charge in [0, 0.05) is 25.1 Å². The lowest BCUT2D eigenvalue weighted by atomic mass is 10.1. The van der Waals surface area contributed by atoms with Crippen LogP contribution in [-0.2, 0) is 0 Å². The predicted molar refractivity (Wildman–Crippen MR) is 82.2 cm³/mol. The molecule has 0 amide bonds. The van der Waals surface area contributed by atoms with Crippen molar-refractivity contribution in [3.63, 3.8) is 0 Å². The zero-order valence-electron chi connectivity index (χ0n) is 12.3. The molecule has 114 valence electrons. The third-order valence-electron chi connectivity index (χ3n) is 3.46. The smallest absolute Gasteiger partial charge is 0.120 e. The lowest BCUT2D eigenvalue weighted by Crippen LogP contribution is -2.40. The highest BCUT2D eigenvalue weighted by atomic mass is 16.5. The topological polar surface area (TPSA) is 52.9 Å². The van der Waals surface area contributed by atoms with Gasteiger partial charge in [0.25, 0.3) is 0 Å². The lowest BCUT2D eigenvalue weighted by Gasteiger charge is -2.29. The number of rotatable bonds is 5. The van der Waals surface area contributed by atoms with Crippen LogP contribution in [0, 0.1) is 11.8 Å². The normalized spacial score (nSPS) is 18.9. The molecule has 1 fully saturated rings. The van der Waals surface area contributed by atoms with E-state index in [1.165, 1.54) is 0 Å². The number of ether oxygens (including phenoxy) is 1. The van der Waals surface area contributed by atoms with E-state index in [2.05, 4.69) is 16.7 Å². The molecular weight excluding hydrogens is 266 g/mol. The molecular formula is C17H23NO3. The second-order valence-corrected chi connectivity index (χ2v) is 5.25. The zero-order valence-corrected chi connectivity index (χ0v) is 12.3. The molecule has 0 bridgehead atoms. The molecule has 0 aromatic heterocycles.